The zero-order valence-corrected chi connectivity index (χ0v) is 13.3. The van der Waals surface area contributed by atoms with Crippen LogP contribution in [0.25, 0.3) is 6.08 Å². The van der Waals surface area contributed by atoms with E-state index in [-0.39, 0.29) is 12.0 Å². The van der Waals surface area contributed by atoms with E-state index in [1.807, 2.05) is 0 Å². The zero-order chi connectivity index (χ0) is 16.1. The van der Waals surface area contributed by atoms with Gasteiger partial charge in [-0.25, -0.2) is 4.98 Å². The summed E-state index contributed by atoms with van der Waals surface area (Å²) < 4.78 is 11.0. The Hall–Kier alpha value is -2.27. The predicted octanol–water partition coefficient (Wildman–Crippen LogP) is 3.41. The summed E-state index contributed by atoms with van der Waals surface area (Å²) in [7, 11) is 0. The van der Waals surface area contributed by atoms with Gasteiger partial charge in [-0.05, 0) is 30.3 Å². The molecule has 1 aliphatic heterocycles. The van der Waals surface area contributed by atoms with E-state index in [1.165, 1.54) is 6.08 Å². The number of ether oxygens (including phenoxy) is 1. The lowest BCUT2D eigenvalue weighted by Gasteiger charge is -2.31. The molecule has 0 atom stereocenters. The van der Waals surface area contributed by atoms with Gasteiger partial charge in [0.15, 0.2) is 0 Å². The van der Waals surface area contributed by atoms with Crippen molar-refractivity contribution in [2.45, 2.75) is 18.9 Å². The molecule has 0 aromatic carbocycles. The number of aromatic nitrogens is 1. The van der Waals surface area contributed by atoms with Crippen molar-refractivity contribution < 1.29 is 13.9 Å². The minimum absolute atomic E-state index is 0.0179. The number of furan rings is 1. The maximum atomic E-state index is 12.1. The van der Waals surface area contributed by atoms with Crippen molar-refractivity contribution in [2.24, 2.45) is 0 Å². The molecule has 5 nitrogen and oxygen atoms in total. The van der Waals surface area contributed by atoms with Crippen molar-refractivity contribution in [3.05, 3.63) is 53.6 Å². The minimum Gasteiger partial charge on any atom is -0.473 e. The van der Waals surface area contributed by atoms with E-state index < -0.39 is 0 Å². The smallest absolute Gasteiger partial charge is 0.246 e. The standard InChI is InChI=1S/C17H17ClN2O3/c18-15-4-1-9-19-17(15)23-14-7-10-20(11-8-14)16(21)6-5-13-3-2-12-22-13/h1-6,9,12,14H,7-8,10-11H2/b6-5+. The Bertz CT molecular complexity index is 677. The molecule has 1 fully saturated rings. The van der Waals surface area contributed by atoms with Gasteiger partial charge in [0.1, 0.15) is 16.9 Å². The molecular formula is C17H17ClN2O3. The van der Waals surface area contributed by atoms with E-state index in [0.717, 1.165) is 12.8 Å². The highest BCUT2D eigenvalue weighted by molar-refractivity contribution is 6.31. The molecule has 0 N–H and O–H groups in total. The van der Waals surface area contributed by atoms with Gasteiger partial charge >= 0.3 is 0 Å². The third-order valence-corrected chi connectivity index (χ3v) is 3.98. The topological polar surface area (TPSA) is 55.6 Å². The zero-order valence-electron chi connectivity index (χ0n) is 12.5. The summed E-state index contributed by atoms with van der Waals surface area (Å²) in [6.45, 7) is 1.30. The van der Waals surface area contributed by atoms with E-state index in [4.69, 9.17) is 20.8 Å². The molecule has 0 bridgehead atoms. The second kappa shape index (κ2) is 7.33. The van der Waals surface area contributed by atoms with E-state index >= 15 is 0 Å². The normalized spacial score (nSPS) is 16.0. The Kier molecular flexibility index (Phi) is 4.98. The molecule has 0 aliphatic carbocycles. The number of pyridine rings is 1. The van der Waals surface area contributed by atoms with Crippen LogP contribution in [0.3, 0.4) is 0 Å². The van der Waals surface area contributed by atoms with Crippen LogP contribution in [0, 0.1) is 0 Å². The fraction of sp³-hybridized carbons (Fsp3) is 0.294. The summed E-state index contributed by atoms with van der Waals surface area (Å²) in [6, 6.07) is 7.11. The lowest BCUT2D eigenvalue weighted by molar-refractivity contribution is -0.127. The van der Waals surface area contributed by atoms with Gasteiger partial charge in [-0.1, -0.05) is 11.6 Å². The second-order valence-corrected chi connectivity index (χ2v) is 5.69. The first-order valence-electron chi connectivity index (χ1n) is 7.50. The molecule has 3 rings (SSSR count). The first kappa shape index (κ1) is 15.6. The minimum atomic E-state index is -0.0179. The van der Waals surface area contributed by atoms with Crippen LogP contribution in [0.5, 0.6) is 5.88 Å². The first-order chi connectivity index (χ1) is 11.2. The summed E-state index contributed by atoms with van der Waals surface area (Å²) in [4.78, 5) is 18.1. The second-order valence-electron chi connectivity index (χ2n) is 5.28. The molecule has 0 saturated carbocycles. The summed E-state index contributed by atoms with van der Waals surface area (Å²) in [5.41, 5.74) is 0. The van der Waals surface area contributed by atoms with Gasteiger partial charge in [-0.2, -0.15) is 0 Å². The predicted molar refractivity (Wildman–Crippen MR) is 87.2 cm³/mol. The first-order valence-corrected chi connectivity index (χ1v) is 7.88. The molecule has 2 aromatic heterocycles. The highest BCUT2D eigenvalue weighted by Gasteiger charge is 2.23. The molecule has 23 heavy (non-hydrogen) atoms. The molecule has 3 heterocycles. The van der Waals surface area contributed by atoms with Gasteiger partial charge in [0.05, 0.1) is 6.26 Å². The van der Waals surface area contributed by atoms with Crippen molar-refractivity contribution in [2.75, 3.05) is 13.1 Å². The third kappa shape index (κ3) is 4.13. The van der Waals surface area contributed by atoms with Crippen LogP contribution in [0.4, 0.5) is 0 Å². The van der Waals surface area contributed by atoms with E-state index in [0.29, 0.717) is 29.8 Å². The van der Waals surface area contributed by atoms with Crippen LogP contribution in [0.15, 0.2) is 47.2 Å². The summed E-state index contributed by atoms with van der Waals surface area (Å²) in [5.74, 6) is 1.11. The lowest BCUT2D eigenvalue weighted by atomic mass is 10.1. The van der Waals surface area contributed by atoms with Crippen molar-refractivity contribution in [1.29, 1.82) is 0 Å². The average Bonchev–Trinajstić information content (AvgIpc) is 3.09. The fourth-order valence-corrected chi connectivity index (χ4v) is 2.62. The number of amides is 1. The maximum absolute atomic E-state index is 12.1. The number of carbonyl (C=O) groups excluding carboxylic acids is 1. The molecule has 6 heteroatoms. The van der Waals surface area contributed by atoms with Gasteiger partial charge in [-0.15, -0.1) is 0 Å². The van der Waals surface area contributed by atoms with E-state index in [9.17, 15) is 4.79 Å². The van der Waals surface area contributed by atoms with Gasteiger partial charge in [0.25, 0.3) is 0 Å². The number of halogens is 1. The number of hydrogen-bond acceptors (Lipinski definition) is 4. The monoisotopic (exact) mass is 332 g/mol. The van der Waals surface area contributed by atoms with Crippen LogP contribution in [0.1, 0.15) is 18.6 Å². The molecule has 1 amide bonds. The van der Waals surface area contributed by atoms with Gasteiger partial charge in [0.2, 0.25) is 11.8 Å². The van der Waals surface area contributed by atoms with E-state index in [1.54, 1.807) is 47.7 Å². The van der Waals surface area contributed by atoms with Crippen LogP contribution < -0.4 is 4.74 Å². The van der Waals surface area contributed by atoms with Crippen LogP contribution in [0.2, 0.25) is 5.02 Å². The van der Waals surface area contributed by atoms with Crippen LogP contribution in [-0.4, -0.2) is 35.0 Å². The Balaban J connectivity index is 1.50. The molecule has 1 saturated heterocycles. The Labute approximate surface area is 139 Å². The Morgan fingerprint density at radius 1 is 1.35 bits per heavy atom. The Morgan fingerprint density at radius 2 is 2.17 bits per heavy atom. The summed E-state index contributed by atoms with van der Waals surface area (Å²) >= 11 is 6.04. The number of likely N-dealkylation sites (tertiary alicyclic amines) is 1. The van der Waals surface area contributed by atoms with Crippen LogP contribution >= 0.6 is 11.6 Å². The molecule has 0 unspecified atom stereocenters. The number of nitrogens with zero attached hydrogens (tertiary/aromatic N) is 2. The maximum Gasteiger partial charge on any atom is 0.246 e. The number of rotatable bonds is 4. The Morgan fingerprint density at radius 3 is 2.87 bits per heavy atom. The largest absolute Gasteiger partial charge is 0.473 e. The number of piperidine rings is 1. The third-order valence-electron chi connectivity index (χ3n) is 3.69. The van der Waals surface area contributed by atoms with Crippen LogP contribution in [-0.2, 0) is 4.79 Å². The molecular weight excluding hydrogens is 316 g/mol. The molecule has 120 valence electrons. The fourth-order valence-electron chi connectivity index (χ4n) is 2.45. The highest BCUT2D eigenvalue weighted by Crippen LogP contribution is 2.24. The van der Waals surface area contributed by atoms with Crippen molar-refractivity contribution in [1.82, 2.24) is 9.88 Å². The molecule has 1 aliphatic rings. The highest BCUT2D eigenvalue weighted by atomic mass is 35.5. The van der Waals surface area contributed by atoms with Gasteiger partial charge < -0.3 is 14.1 Å². The SMILES string of the molecule is O=C(/C=C/c1ccco1)N1CCC(Oc2ncccc2Cl)CC1. The van der Waals surface area contributed by atoms with Crippen molar-refractivity contribution in [3.8, 4) is 5.88 Å². The van der Waals surface area contributed by atoms with Crippen molar-refractivity contribution >= 4 is 23.6 Å². The van der Waals surface area contributed by atoms with Crippen molar-refractivity contribution in [3.63, 3.8) is 0 Å². The average molecular weight is 333 g/mol. The molecule has 2 aromatic rings. The van der Waals surface area contributed by atoms with Gasteiger partial charge in [0, 0.05) is 38.2 Å². The van der Waals surface area contributed by atoms with E-state index in [2.05, 4.69) is 4.98 Å². The quantitative estimate of drug-likeness (QED) is 0.805. The summed E-state index contributed by atoms with van der Waals surface area (Å²) in [6.07, 6.45) is 7.99. The number of carbonyl (C=O) groups is 1. The summed E-state index contributed by atoms with van der Waals surface area (Å²) in [5, 5.41) is 0.507. The molecule has 0 spiro atoms. The molecule has 0 radical (unpaired) electrons. The number of hydrogen-bond donors (Lipinski definition) is 0. The lowest BCUT2D eigenvalue weighted by Crippen LogP contribution is -2.41. The van der Waals surface area contributed by atoms with Gasteiger partial charge in [-0.3, -0.25) is 4.79 Å².